The van der Waals surface area contributed by atoms with Crippen molar-refractivity contribution >= 4 is 34.0 Å². The van der Waals surface area contributed by atoms with Gasteiger partial charge in [-0.1, -0.05) is 12.1 Å². The molecule has 0 atom stereocenters. The molecule has 194 valence electrons. The predicted molar refractivity (Wildman–Crippen MR) is 151 cm³/mol. The first kappa shape index (κ1) is 23.4. The largest absolute Gasteiger partial charge is 0.354 e. The molecule has 8 nitrogen and oxygen atoms in total. The molecule has 8 heteroatoms. The summed E-state index contributed by atoms with van der Waals surface area (Å²) in [4.78, 5) is 30.2. The van der Waals surface area contributed by atoms with Crippen molar-refractivity contribution < 1.29 is 4.79 Å². The third-order valence-corrected chi connectivity index (χ3v) is 8.65. The second kappa shape index (κ2) is 9.22. The van der Waals surface area contributed by atoms with Crippen LogP contribution in [-0.4, -0.2) is 72.0 Å². The van der Waals surface area contributed by atoms with Crippen LogP contribution in [-0.2, 0) is 5.41 Å². The fourth-order valence-electron chi connectivity index (χ4n) is 6.42. The average Bonchev–Trinajstić information content (AvgIpc) is 3.48. The lowest BCUT2D eigenvalue weighted by molar-refractivity contribution is 0.0964. The first-order valence-electron chi connectivity index (χ1n) is 13.6. The van der Waals surface area contributed by atoms with Crippen LogP contribution in [0, 0.1) is 0 Å². The molecule has 0 radical (unpaired) electrons. The van der Waals surface area contributed by atoms with Gasteiger partial charge in [0.2, 0.25) is 0 Å². The monoisotopic (exact) mass is 507 g/mol. The number of aromatic amines is 1. The molecule has 3 N–H and O–H groups in total. The summed E-state index contributed by atoms with van der Waals surface area (Å²) in [5.41, 5.74) is 7.13. The number of aromatic nitrogens is 3. The number of fused-ring (bicyclic) bond motifs is 3. The van der Waals surface area contributed by atoms with E-state index in [0.717, 1.165) is 97.0 Å². The summed E-state index contributed by atoms with van der Waals surface area (Å²) in [5.74, 6) is 1.29. The van der Waals surface area contributed by atoms with Gasteiger partial charge >= 0.3 is 0 Å². The van der Waals surface area contributed by atoms with E-state index in [4.69, 9.17) is 4.98 Å². The smallest absolute Gasteiger partial charge is 0.164 e. The first-order valence-corrected chi connectivity index (χ1v) is 13.6. The molecule has 0 saturated carbocycles. The summed E-state index contributed by atoms with van der Waals surface area (Å²) in [7, 11) is 2.16. The van der Waals surface area contributed by atoms with E-state index in [1.807, 2.05) is 30.7 Å². The number of likely N-dealkylation sites (N-methyl/N-ethyl adjacent to an activating group) is 1. The average molecular weight is 508 g/mol. The Morgan fingerprint density at radius 3 is 2.63 bits per heavy atom. The van der Waals surface area contributed by atoms with Gasteiger partial charge in [0.25, 0.3) is 0 Å². The highest BCUT2D eigenvalue weighted by Crippen LogP contribution is 2.46. The molecule has 3 aromatic heterocycles. The van der Waals surface area contributed by atoms with Gasteiger partial charge in [-0.25, -0.2) is 9.97 Å². The van der Waals surface area contributed by atoms with Crippen LogP contribution in [0.15, 0.2) is 55.0 Å². The van der Waals surface area contributed by atoms with E-state index in [9.17, 15) is 4.79 Å². The highest BCUT2D eigenvalue weighted by Gasteiger charge is 2.43. The highest BCUT2D eigenvalue weighted by atomic mass is 16.1. The summed E-state index contributed by atoms with van der Waals surface area (Å²) in [6.45, 7) is 5.99. The Labute approximate surface area is 222 Å². The van der Waals surface area contributed by atoms with Gasteiger partial charge in [0.05, 0.1) is 11.9 Å². The van der Waals surface area contributed by atoms with E-state index in [0.29, 0.717) is 6.42 Å². The summed E-state index contributed by atoms with van der Waals surface area (Å²) in [6, 6.07) is 12.7. The van der Waals surface area contributed by atoms with Crippen molar-refractivity contribution in [1.29, 1.82) is 0 Å². The van der Waals surface area contributed by atoms with Crippen molar-refractivity contribution in [2.75, 3.05) is 56.5 Å². The van der Waals surface area contributed by atoms with Gasteiger partial charge in [-0.2, -0.15) is 0 Å². The maximum absolute atomic E-state index is 12.9. The van der Waals surface area contributed by atoms with Gasteiger partial charge in [0.15, 0.2) is 5.78 Å². The number of nitrogens with one attached hydrogen (secondary N) is 3. The topological polar surface area (TPSA) is 89.2 Å². The van der Waals surface area contributed by atoms with Gasteiger partial charge in [-0.15, -0.1) is 0 Å². The Balaban J connectivity index is 1.19. The number of hydrogen-bond donors (Lipinski definition) is 3. The van der Waals surface area contributed by atoms with E-state index in [-0.39, 0.29) is 11.2 Å². The third-order valence-electron chi connectivity index (χ3n) is 8.65. The summed E-state index contributed by atoms with van der Waals surface area (Å²) in [6.07, 6.45) is 8.43. The van der Waals surface area contributed by atoms with Crippen LogP contribution >= 0.6 is 0 Å². The molecule has 4 aromatic rings. The number of carbonyl (C=O) groups is 1. The second-order valence-corrected chi connectivity index (χ2v) is 11.0. The van der Waals surface area contributed by atoms with Crippen molar-refractivity contribution in [2.45, 2.75) is 24.7 Å². The minimum Gasteiger partial charge on any atom is -0.354 e. The van der Waals surface area contributed by atoms with Gasteiger partial charge in [-0.05, 0) is 62.3 Å². The fraction of sp³-hybridized carbons (Fsp3) is 0.367. The Morgan fingerprint density at radius 1 is 0.947 bits per heavy atom. The number of ketones is 1. The molecule has 2 fully saturated rings. The van der Waals surface area contributed by atoms with Gasteiger partial charge in [0.1, 0.15) is 11.5 Å². The van der Waals surface area contributed by atoms with E-state index >= 15 is 0 Å². The van der Waals surface area contributed by atoms with Gasteiger partial charge in [0, 0.05) is 78.7 Å². The number of hydrogen-bond acceptors (Lipinski definition) is 7. The number of benzene rings is 1. The molecule has 5 heterocycles. The molecule has 1 aliphatic carbocycles. The van der Waals surface area contributed by atoms with Crippen LogP contribution in [0.25, 0.3) is 22.2 Å². The standard InChI is InChI=1S/C30H33N7O/c1-36-10-12-37(13-11-36)28-16-21(4-7-32-28)35-22-15-24-25(19-34-29(24)33-18-22)20-2-3-23-26(14-20)30(17-27(23)38)5-8-31-9-6-30/h2-4,7,14-16,18-19,31H,5-6,8-13,17H2,1H3,(H,32,35)(H,33,34). The third kappa shape index (κ3) is 4.04. The number of rotatable bonds is 4. The van der Waals surface area contributed by atoms with Crippen molar-refractivity contribution in [3.63, 3.8) is 0 Å². The molecule has 1 spiro atoms. The number of H-pyrrole nitrogens is 1. The van der Waals surface area contributed by atoms with Crippen molar-refractivity contribution in [3.8, 4) is 11.1 Å². The van der Waals surface area contributed by atoms with Crippen LogP contribution in [0.5, 0.6) is 0 Å². The molecule has 1 aromatic carbocycles. The first-order chi connectivity index (χ1) is 18.6. The predicted octanol–water partition coefficient (Wildman–Crippen LogP) is 4.33. The van der Waals surface area contributed by atoms with Crippen LogP contribution in [0.4, 0.5) is 17.2 Å². The Kier molecular flexibility index (Phi) is 5.67. The molecule has 2 aliphatic heterocycles. The normalized spacial score (nSPS) is 19.3. The number of piperazine rings is 1. The Bertz CT molecular complexity index is 1510. The molecule has 0 bridgehead atoms. The van der Waals surface area contributed by atoms with Crippen LogP contribution < -0.4 is 15.5 Å². The number of pyridine rings is 2. The Hall–Kier alpha value is -3.75. The molecule has 0 unspecified atom stereocenters. The van der Waals surface area contributed by atoms with Crippen LogP contribution in [0.2, 0.25) is 0 Å². The summed E-state index contributed by atoms with van der Waals surface area (Å²) >= 11 is 0. The maximum atomic E-state index is 12.9. The quantitative estimate of drug-likeness (QED) is 0.379. The van der Waals surface area contributed by atoms with E-state index < -0.39 is 0 Å². The van der Waals surface area contributed by atoms with E-state index in [1.165, 1.54) is 5.56 Å². The molecule has 3 aliphatic rings. The number of anilines is 3. The zero-order chi connectivity index (χ0) is 25.7. The lowest BCUT2D eigenvalue weighted by atomic mass is 9.74. The second-order valence-electron chi connectivity index (χ2n) is 11.0. The molecule has 0 amide bonds. The molecule has 2 saturated heterocycles. The maximum Gasteiger partial charge on any atom is 0.164 e. The number of nitrogens with zero attached hydrogens (tertiary/aromatic N) is 4. The van der Waals surface area contributed by atoms with Crippen molar-refractivity contribution in [2.24, 2.45) is 0 Å². The van der Waals surface area contributed by atoms with Gasteiger partial charge in [-0.3, -0.25) is 4.79 Å². The van der Waals surface area contributed by atoms with E-state index in [2.05, 4.69) is 61.7 Å². The number of Topliss-reactive ketones (excluding diaryl/α,β-unsaturated/α-hetero) is 1. The fourth-order valence-corrected chi connectivity index (χ4v) is 6.42. The van der Waals surface area contributed by atoms with Crippen molar-refractivity contribution in [3.05, 3.63) is 66.1 Å². The SMILES string of the molecule is CN1CCN(c2cc(Nc3cnc4[nH]cc(-c5ccc6c(c5)C5(CCNCC5)CC6=O)c4c3)ccn2)CC1. The lowest BCUT2D eigenvalue weighted by Crippen LogP contribution is -2.44. The van der Waals surface area contributed by atoms with Crippen LogP contribution in [0.3, 0.4) is 0 Å². The summed E-state index contributed by atoms with van der Waals surface area (Å²) < 4.78 is 0. The van der Waals surface area contributed by atoms with Crippen LogP contribution in [0.1, 0.15) is 35.2 Å². The lowest BCUT2D eigenvalue weighted by Gasteiger charge is -2.34. The molecular formula is C30H33N7O. The van der Waals surface area contributed by atoms with Crippen molar-refractivity contribution in [1.82, 2.24) is 25.2 Å². The van der Waals surface area contributed by atoms with Gasteiger partial charge < -0.3 is 25.4 Å². The highest BCUT2D eigenvalue weighted by molar-refractivity contribution is 6.04. The Morgan fingerprint density at radius 2 is 1.79 bits per heavy atom. The molecule has 7 rings (SSSR count). The number of carbonyl (C=O) groups excluding carboxylic acids is 1. The summed E-state index contributed by atoms with van der Waals surface area (Å²) in [5, 5.41) is 8.06. The minimum atomic E-state index is -0.0203. The zero-order valence-corrected chi connectivity index (χ0v) is 21.8. The molecule has 38 heavy (non-hydrogen) atoms. The minimum absolute atomic E-state index is 0.0203. The van der Waals surface area contributed by atoms with E-state index in [1.54, 1.807) is 0 Å². The number of piperidine rings is 1. The molecular weight excluding hydrogens is 474 g/mol. The zero-order valence-electron chi connectivity index (χ0n) is 21.8.